The Hall–Kier alpha value is -1.69. The molecule has 1 aromatic carbocycles. The summed E-state index contributed by atoms with van der Waals surface area (Å²) in [6.07, 6.45) is 1.22. The molecule has 0 N–H and O–H groups in total. The molecule has 0 aliphatic rings. The Morgan fingerprint density at radius 3 is 2.80 bits per heavy atom. The fraction of sp³-hybridized carbons (Fsp3) is 0. The molecule has 0 unspecified atom stereocenters. The molecule has 3 nitrogen and oxygen atoms in total. The largest absolute Gasteiger partial charge is 0.287 e. The molecule has 1 aromatic heterocycles. The average Bonchev–Trinajstić information content (AvgIpc) is 2.74. The van der Waals surface area contributed by atoms with Crippen LogP contribution in [0.5, 0.6) is 0 Å². The minimum absolute atomic E-state index is 0.0181. The van der Waals surface area contributed by atoms with Crippen molar-refractivity contribution in [3.05, 3.63) is 47.3 Å². The van der Waals surface area contributed by atoms with Crippen LogP contribution in [0, 0.1) is 11.6 Å². The fourth-order valence-electron chi connectivity index (χ4n) is 1.07. The quantitative estimate of drug-likeness (QED) is 0.736. The number of hydrogen-bond acceptors (Lipinski definition) is 4. The lowest BCUT2D eigenvalue weighted by Crippen LogP contribution is -2.05. The van der Waals surface area contributed by atoms with E-state index in [2.05, 4.69) is 8.75 Å². The van der Waals surface area contributed by atoms with Gasteiger partial charge in [0.2, 0.25) is 5.78 Å². The van der Waals surface area contributed by atoms with Gasteiger partial charge in [0.25, 0.3) is 0 Å². The summed E-state index contributed by atoms with van der Waals surface area (Å²) in [7, 11) is 0. The molecule has 0 saturated carbocycles. The minimum Gasteiger partial charge on any atom is -0.287 e. The molecule has 0 aliphatic carbocycles. The first kappa shape index (κ1) is 9.85. The number of ketones is 1. The number of carbonyl (C=O) groups excluding carboxylic acids is 1. The number of benzene rings is 1. The van der Waals surface area contributed by atoms with Gasteiger partial charge in [-0.1, -0.05) is 0 Å². The van der Waals surface area contributed by atoms with Gasteiger partial charge in [0.05, 0.1) is 23.5 Å². The van der Waals surface area contributed by atoms with Gasteiger partial charge >= 0.3 is 0 Å². The minimum atomic E-state index is -0.769. The highest BCUT2D eigenvalue weighted by atomic mass is 32.1. The molecule has 2 aromatic rings. The maximum absolute atomic E-state index is 13.2. The van der Waals surface area contributed by atoms with Crippen molar-refractivity contribution in [2.45, 2.75) is 0 Å². The van der Waals surface area contributed by atoms with Gasteiger partial charge in [-0.05, 0) is 18.2 Å². The van der Waals surface area contributed by atoms with Crippen molar-refractivity contribution in [3.8, 4) is 0 Å². The second-order valence-electron chi connectivity index (χ2n) is 2.75. The zero-order valence-electron chi connectivity index (χ0n) is 7.28. The monoisotopic (exact) mass is 226 g/mol. The summed E-state index contributed by atoms with van der Waals surface area (Å²) in [5.74, 6) is -2.10. The molecule has 76 valence electrons. The second kappa shape index (κ2) is 3.82. The molecule has 0 amide bonds. The van der Waals surface area contributed by atoms with E-state index in [9.17, 15) is 13.6 Å². The van der Waals surface area contributed by atoms with Crippen molar-refractivity contribution in [2.24, 2.45) is 0 Å². The summed E-state index contributed by atoms with van der Waals surface area (Å²) in [5, 5.41) is 0. The topological polar surface area (TPSA) is 42.9 Å². The van der Waals surface area contributed by atoms with Gasteiger partial charge in [-0.3, -0.25) is 4.79 Å². The van der Waals surface area contributed by atoms with Crippen LogP contribution in [0.15, 0.2) is 24.4 Å². The second-order valence-corrected chi connectivity index (χ2v) is 3.30. The van der Waals surface area contributed by atoms with Crippen LogP contribution in [0.1, 0.15) is 16.1 Å². The first-order valence-electron chi connectivity index (χ1n) is 3.96. The Morgan fingerprint density at radius 1 is 1.33 bits per heavy atom. The van der Waals surface area contributed by atoms with Crippen LogP contribution >= 0.6 is 11.7 Å². The number of rotatable bonds is 2. The molecular formula is C9H4F2N2OS. The van der Waals surface area contributed by atoms with Crippen LogP contribution in [0.2, 0.25) is 0 Å². The molecule has 0 aliphatic heterocycles. The SMILES string of the molecule is O=C(c1cnsn1)c1cc(F)ccc1F. The molecule has 0 saturated heterocycles. The molecule has 6 heteroatoms. The normalized spacial score (nSPS) is 10.3. The molecule has 0 atom stereocenters. The maximum Gasteiger partial charge on any atom is 0.217 e. The van der Waals surface area contributed by atoms with Gasteiger partial charge in [-0.15, -0.1) is 0 Å². The summed E-state index contributed by atoms with van der Waals surface area (Å²) < 4.78 is 33.2. The molecule has 0 spiro atoms. The third-order valence-electron chi connectivity index (χ3n) is 1.77. The van der Waals surface area contributed by atoms with Crippen molar-refractivity contribution < 1.29 is 13.6 Å². The van der Waals surface area contributed by atoms with Crippen LogP contribution in [0.3, 0.4) is 0 Å². The highest BCUT2D eigenvalue weighted by Crippen LogP contribution is 2.13. The zero-order chi connectivity index (χ0) is 10.8. The van der Waals surface area contributed by atoms with Crippen LogP contribution in [0.4, 0.5) is 8.78 Å². The van der Waals surface area contributed by atoms with E-state index in [1.807, 2.05) is 0 Å². The predicted octanol–water partition coefficient (Wildman–Crippen LogP) is 2.05. The summed E-state index contributed by atoms with van der Waals surface area (Å²) in [4.78, 5) is 11.6. The lowest BCUT2D eigenvalue weighted by molar-refractivity contribution is 0.103. The molecule has 0 radical (unpaired) electrons. The van der Waals surface area contributed by atoms with Crippen molar-refractivity contribution in [1.82, 2.24) is 8.75 Å². The smallest absolute Gasteiger partial charge is 0.217 e. The molecule has 0 fully saturated rings. The molecule has 15 heavy (non-hydrogen) atoms. The molecule has 0 bridgehead atoms. The number of nitrogens with zero attached hydrogens (tertiary/aromatic N) is 2. The highest BCUT2D eigenvalue weighted by Gasteiger charge is 2.16. The van der Waals surface area contributed by atoms with E-state index in [4.69, 9.17) is 0 Å². The third-order valence-corrected chi connectivity index (χ3v) is 2.25. The number of aromatic nitrogens is 2. The van der Waals surface area contributed by atoms with E-state index in [-0.39, 0.29) is 11.3 Å². The Labute approximate surface area is 87.7 Å². The van der Waals surface area contributed by atoms with Crippen molar-refractivity contribution in [1.29, 1.82) is 0 Å². The van der Waals surface area contributed by atoms with E-state index in [1.165, 1.54) is 6.20 Å². The summed E-state index contributed by atoms with van der Waals surface area (Å²) in [5.41, 5.74) is -0.313. The third kappa shape index (κ3) is 1.89. The van der Waals surface area contributed by atoms with Crippen LogP contribution in [0.25, 0.3) is 0 Å². The van der Waals surface area contributed by atoms with Crippen LogP contribution in [-0.2, 0) is 0 Å². The van der Waals surface area contributed by atoms with Gasteiger partial charge in [0.15, 0.2) is 0 Å². The van der Waals surface area contributed by atoms with Gasteiger partial charge in [-0.25, -0.2) is 8.78 Å². The van der Waals surface area contributed by atoms with E-state index in [1.54, 1.807) is 0 Å². The summed E-state index contributed by atoms with van der Waals surface area (Å²) in [6.45, 7) is 0. The van der Waals surface area contributed by atoms with E-state index in [0.717, 1.165) is 29.9 Å². The van der Waals surface area contributed by atoms with Gasteiger partial charge in [-0.2, -0.15) is 8.75 Å². The van der Waals surface area contributed by atoms with E-state index < -0.39 is 17.4 Å². The van der Waals surface area contributed by atoms with E-state index in [0.29, 0.717) is 0 Å². The van der Waals surface area contributed by atoms with Crippen LogP contribution < -0.4 is 0 Å². The van der Waals surface area contributed by atoms with Gasteiger partial charge in [0, 0.05) is 0 Å². The highest BCUT2D eigenvalue weighted by molar-refractivity contribution is 6.99. The van der Waals surface area contributed by atoms with Gasteiger partial charge in [0.1, 0.15) is 17.3 Å². The summed E-state index contributed by atoms with van der Waals surface area (Å²) in [6, 6.07) is 2.70. The predicted molar refractivity (Wildman–Crippen MR) is 49.7 cm³/mol. The summed E-state index contributed by atoms with van der Waals surface area (Å²) >= 11 is 0.836. The van der Waals surface area contributed by atoms with Gasteiger partial charge < -0.3 is 0 Å². The zero-order valence-corrected chi connectivity index (χ0v) is 8.09. The Kier molecular flexibility index (Phi) is 2.51. The Morgan fingerprint density at radius 2 is 2.13 bits per heavy atom. The van der Waals surface area contributed by atoms with E-state index >= 15 is 0 Å². The maximum atomic E-state index is 13.2. The number of carbonyl (C=O) groups is 1. The Balaban J connectivity index is 2.46. The molecular weight excluding hydrogens is 222 g/mol. The van der Waals surface area contributed by atoms with Crippen molar-refractivity contribution in [2.75, 3.05) is 0 Å². The lowest BCUT2D eigenvalue weighted by atomic mass is 10.1. The standard InChI is InChI=1S/C9H4F2N2OS/c10-5-1-2-7(11)6(3-5)9(14)8-4-12-15-13-8/h1-4H. The van der Waals surface area contributed by atoms with Crippen LogP contribution in [-0.4, -0.2) is 14.5 Å². The molecule has 2 rings (SSSR count). The lowest BCUT2D eigenvalue weighted by Gasteiger charge is -1.99. The van der Waals surface area contributed by atoms with Crippen molar-refractivity contribution >= 4 is 17.5 Å². The van der Waals surface area contributed by atoms with Crippen molar-refractivity contribution in [3.63, 3.8) is 0 Å². The average molecular weight is 226 g/mol. The number of hydrogen-bond donors (Lipinski definition) is 0. The first-order valence-corrected chi connectivity index (χ1v) is 4.69. The molecule has 1 heterocycles. The first-order chi connectivity index (χ1) is 7.18. The number of halogens is 2. The fourth-order valence-corrected chi connectivity index (χ4v) is 1.49. The Bertz CT molecular complexity index is 499.